The molecule has 0 atom stereocenters. The predicted octanol–water partition coefficient (Wildman–Crippen LogP) is 2.50. The van der Waals surface area contributed by atoms with Crippen LogP contribution in [-0.4, -0.2) is 50.3 Å². The van der Waals surface area contributed by atoms with E-state index in [1.807, 2.05) is 24.3 Å². The van der Waals surface area contributed by atoms with Crippen LogP contribution in [0.4, 0.5) is 5.82 Å². The summed E-state index contributed by atoms with van der Waals surface area (Å²) in [5.41, 5.74) is 1.23. The molecule has 0 aliphatic heterocycles. The molecule has 0 aliphatic rings. The van der Waals surface area contributed by atoms with Crippen LogP contribution in [0.3, 0.4) is 0 Å². The number of carbonyl (C=O) groups excluding carboxylic acids is 1. The number of rotatable bonds is 8. The van der Waals surface area contributed by atoms with Gasteiger partial charge in [0.2, 0.25) is 0 Å². The molecule has 146 valence electrons. The number of para-hydroxylation sites is 1. The minimum atomic E-state index is -0.271. The van der Waals surface area contributed by atoms with Crippen LogP contribution in [0, 0.1) is 0 Å². The third kappa shape index (κ3) is 4.06. The maximum Gasteiger partial charge on any atom is 0.255 e. The van der Waals surface area contributed by atoms with E-state index in [4.69, 9.17) is 14.2 Å². The van der Waals surface area contributed by atoms with Gasteiger partial charge in [-0.05, 0) is 12.1 Å². The Kier molecular flexibility index (Phi) is 6.11. The SMILES string of the molecule is COc1cc(OC)c(C(=O)NCCNc2ncnc3ccccc23)cc1OC. The Morgan fingerprint density at radius 2 is 1.64 bits per heavy atom. The maximum absolute atomic E-state index is 12.6. The van der Waals surface area contributed by atoms with Gasteiger partial charge >= 0.3 is 0 Å². The second-order valence-corrected chi connectivity index (χ2v) is 5.83. The molecular weight excluding hydrogens is 360 g/mol. The fraction of sp³-hybridized carbons (Fsp3) is 0.250. The van der Waals surface area contributed by atoms with Crippen LogP contribution in [0.1, 0.15) is 10.4 Å². The van der Waals surface area contributed by atoms with Crippen LogP contribution in [0.25, 0.3) is 10.9 Å². The van der Waals surface area contributed by atoms with E-state index in [1.54, 1.807) is 12.1 Å². The van der Waals surface area contributed by atoms with Gasteiger partial charge in [0.25, 0.3) is 5.91 Å². The molecule has 28 heavy (non-hydrogen) atoms. The van der Waals surface area contributed by atoms with Crippen LogP contribution in [0.2, 0.25) is 0 Å². The molecule has 0 spiro atoms. The predicted molar refractivity (Wildman–Crippen MR) is 106 cm³/mol. The number of aromatic nitrogens is 2. The molecule has 1 aromatic heterocycles. The lowest BCUT2D eigenvalue weighted by atomic mass is 10.1. The van der Waals surface area contributed by atoms with Crippen LogP contribution in [0.15, 0.2) is 42.7 Å². The summed E-state index contributed by atoms with van der Waals surface area (Å²) in [4.78, 5) is 21.1. The summed E-state index contributed by atoms with van der Waals surface area (Å²) >= 11 is 0. The Hall–Kier alpha value is -3.55. The number of nitrogens with zero attached hydrogens (tertiary/aromatic N) is 2. The van der Waals surface area contributed by atoms with Gasteiger partial charge in [0, 0.05) is 30.6 Å². The summed E-state index contributed by atoms with van der Waals surface area (Å²) in [5.74, 6) is 1.81. The van der Waals surface area contributed by atoms with Gasteiger partial charge in [-0.1, -0.05) is 12.1 Å². The maximum atomic E-state index is 12.6. The quantitative estimate of drug-likeness (QED) is 0.578. The van der Waals surface area contributed by atoms with Crippen molar-refractivity contribution in [1.29, 1.82) is 0 Å². The smallest absolute Gasteiger partial charge is 0.255 e. The van der Waals surface area contributed by atoms with E-state index in [0.29, 0.717) is 35.9 Å². The highest BCUT2D eigenvalue weighted by molar-refractivity contribution is 5.97. The minimum Gasteiger partial charge on any atom is -0.496 e. The van der Waals surface area contributed by atoms with Gasteiger partial charge in [-0.3, -0.25) is 4.79 Å². The number of benzene rings is 2. The molecule has 2 N–H and O–H groups in total. The monoisotopic (exact) mass is 382 g/mol. The Balaban J connectivity index is 1.64. The van der Waals surface area contributed by atoms with Crippen molar-refractivity contribution in [2.75, 3.05) is 39.7 Å². The zero-order chi connectivity index (χ0) is 19.9. The number of anilines is 1. The van der Waals surface area contributed by atoms with E-state index in [2.05, 4.69) is 20.6 Å². The molecule has 0 saturated carbocycles. The van der Waals surface area contributed by atoms with Crippen molar-refractivity contribution in [3.63, 3.8) is 0 Å². The number of ether oxygens (including phenoxy) is 3. The number of nitrogens with one attached hydrogen (secondary N) is 2. The van der Waals surface area contributed by atoms with Gasteiger partial charge in [-0.15, -0.1) is 0 Å². The van der Waals surface area contributed by atoms with E-state index < -0.39 is 0 Å². The summed E-state index contributed by atoms with van der Waals surface area (Å²) in [6.45, 7) is 0.900. The summed E-state index contributed by atoms with van der Waals surface area (Å²) in [6.07, 6.45) is 1.51. The van der Waals surface area contributed by atoms with Gasteiger partial charge in [0.05, 0.1) is 32.4 Å². The van der Waals surface area contributed by atoms with Crippen molar-refractivity contribution >= 4 is 22.6 Å². The lowest BCUT2D eigenvalue weighted by molar-refractivity contribution is 0.0951. The summed E-state index contributed by atoms with van der Waals surface area (Å²) in [7, 11) is 4.54. The molecule has 0 aliphatic carbocycles. The van der Waals surface area contributed by atoms with Gasteiger partial charge in [-0.2, -0.15) is 0 Å². The largest absolute Gasteiger partial charge is 0.496 e. The summed E-state index contributed by atoms with van der Waals surface area (Å²) < 4.78 is 15.8. The molecule has 8 nitrogen and oxygen atoms in total. The van der Waals surface area contributed by atoms with Crippen molar-refractivity contribution in [3.8, 4) is 17.2 Å². The Morgan fingerprint density at radius 1 is 0.929 bits per heavy atom. The molecule has 0 fully saturated rings. The first-order valence-electron chi connectivity index (χ1n) is 8.69. The average Bonchev–Trinajstić information content (AvgIpc) is 2.75. The molecule has 8 heteroatoms. The van der Waals surface area contributed by atoms with E-state index in [0.717, 1.165) is 16.7 Å². The number of methoxy groups -OCH3 is 3. The number of amides is 1. The highest BCUT2D eigenvalue weighted by atomic mass is 16.5. The number of hydrogen-bond acceptors (Lipinski definition) is 7. The topological polar surface area (TPSA) is 94.6 Å². The lowest BCUT2D eigenvalue weighted by Gasteiger charge is -2.14. The Morgan fingerprint density at radius 3 is 2.39 bits per heavy atom. The fourth-order valence-electron chi connectivity index (χ4n) is 2.80. The average molecular weight is 382 g/mol. The number of fused-ring (bicyclic) bond motifs is 1. The second kappa shape index (κ2) is 8.90. The molecule has 1 amide bonds. The van der Waals surface area contributed by atoms with Crippen molar-refractivity contribution in [3.05, 3.63) is 48.3 Å². The molecule has 0 bridgehead atoms. The van der Waals surface area contributed by atoms with Crippen molar-refractivity contribution in [2.45, 2.75) is 0 Å². The van der Waals surface area contributed by atoms with Gasteiger partial charge in [0.1, 0.15) is 17.9 Å². The molecule has 0 radical (unpaired) electrons. The van der Waals surface area contributed by atoms with E-state index in [-0.39, 0.29) is 5.91 Å². The molecule has 3 aromatic rings. The zero-order valence-corrected chi connectivity index (χ0v) is 16.0. The van der Waals surface area contributed by atoms with E-state index >= 15 is 0 Å². The third-order valence-corrected chi connectivity index (χ3v) is 4.20. The first kappa shape index (κ1) is 19.2. The first-order valence-corrected chi connectivity index (χ1v) is 8.69. The normalized spacial score (nSPS) is 10.4. The van der Waals surface area contributed by atoms with Crippen LogP contribution < -0.4 is 24.8 Å². The first-order chi connectivity index (χ1) is 13.7. The van der Waals surface area contributed by atoms with Gasteiger partial charge < -0.3 is 24.8 Å². The van der Waals surface area contributed by atoms with Crippen LogP contribution >= 0.6 is 0 Å². The van der Waals surface area contributed by atoms with Gasteiger partial charge in [-0.25, -0.2) is 9.97 Å². The standard InChI is InChI=1S/C20H22N4O4/c1-26-16-11-18(28-3)17(27-2)10-14(16)20(25)22-9-8-21-19-13-6-4-5-7-15(13)23-12-24-19/h4-7,10-12H,8-9H2,1-3H3,(H,22,25)(H,21,23,24). The van der Waals surface area contributed by atoms with Crippen molar-refractivity contribution in [2.24, 2.45) is 0 Å². The van der Waals surface area contributed by atoms with E-state index in [1.165, 1.54) is 27.7 Å². The van der Waals surface area contributed by atoms with Crippen molar-refractivity contribution < 1.29 is 19.0 Å². The zero-order valence-electron chi connectivity index (χ0n) is 16.0. The van der Waals surface area contributed by atoms with Crippen molar-refractivity contribution in [1.82, 2.24) is 15.3 Å². The fourth-order valence-corrected chi connectivity index (χ4v) is 2.80. The van der Waals surface area contributed by atoms with E-state index in [9.17, 15) is 4.79 Å². The summed E-state index contributed by atoms with van der Waals surface area (Å²) in [6, 6.07) is 11.0. The molecule has 0 saturated heterocycles. The third-order valence-electron chi connectivity index (χ3n) is 4.20. The molecule has 1 heterocycles. The molecule has 0 unspecified atom stereocenters. The molecular formula is C20H22N4O4. The second-order valence-electron chi connectivity index (χ2n) is 5.83. The Bertz CT molecular complexity index is 972. The van der Waals surface area contributed by atoms with Crippen LogP contribution in [0.5, 0.6) is 17.2 Å². The number of hydrogen-bond donors (Lipinski definition) is 2. The summed E-state index contributed by atoms with van der Waals surface area (Å²) in [5, 5.41) is 7.01. The lowest BCUT2D eigenvalue weighted by Crippen LogP contribution is -2.29. The number of carbonyl (C=O) groups is 1. The molecule has 3 rings (SSSR count). The highest BCUT2D eigenvalue weighted by Crippen LogP contribution is 2.34. The Labute approximate surface area is 162 Å². The minimum absolute atomic E-state index is 0.271. The molecule has 2 aromatic carbocycles. The van der Waals surface area contributed by atoms with Gasteiger partial charge in [0.15, 0.2) is 11.5 Å². The van der Waals surface area contributed by atoms with Crippen LogP contribution in [-0.2, 0) is 0 Å². The highest BCUT2D eigenvalue weighted by Gasteiger charge is 2.17.